The SMILES string of the molecule is CC1CC(Nc2cc(S(N)(=O)=O)ccc2Cl)CN1C1CC1. The molecule has 1 saturated carbocycles. The Kier molecular flexibility index (Phi) is 3.90. The molecule has 1 aromatic carbocycles. The van der Waals surface area contributed by atoms with E-state index in [0.29, 0.717) is 16.8 Å². The molecule has 2 atom stereocenters. The number of nitrogens with zero attached hydrogens (tertiary/aromatic N) is 1. The lowest BCUT2D eigenvalue weighted by molar-refractivity contribution is 0.257. The van der Waals surface area contributed by atoms with Crippen LogP contribution in [0.3, 0.4) is 0 Å². The van der Waals surface area contributed by atoms with Gasteiger partial charge in [0.1, 0.15) is 0 Å². The number of halogens is 1. The van der Waals surface area contributed by atoms with Crippen LogP contribution in [-0.2, 0) is 10.0 Å². The first-order valence-electron chi connectivity index (χ1n) is 7.19. The van der Waals surface area contributed by atoms with Crippen LogP contribution in [0.4, 0.5) is 5.69 Å². The van der Waals surface area contributed by atoms with Crippen molar-refractivity contribution in [3.63, 3.8) is 0 Å². The van der Waals surface area contributed by atoms with E-state index in [9.17, 15) is 8.42 Å². The van der Waals surface area contributed by atoms with Crippen molar-refractivity contribution in [2.45, 2.75) is 49.2 Å². The van der Waals surface area contributed by atoms with Gasteiger partial charge < -0.3 is 5.32 Å². The standard InChI is InChI=1S/C14H20ClN3O2S/c1-9-6-10(8-18(9)11-2-3-11)17-14-7-12(21(16,19)20)4-5-13(14)15/h4-5,7,9-11,17H,2-3,6,8H2,1H3,(H2,16,19,20). The molecule has 21 heavy (non-hydrogen) atoms. The van der Waals surface area contributed by atoms with E-state index in [1.807, 2.05) is 0 Å². The number of nitrogens with one attached hydrogen (secondary N) is 1. The van der Waals surface area contributed by atoms with Crippen LogP contribution in [0.2, 0.25) is 5.02 Å². The van der Waals surface area contributed by atoms with Gasteiger partial charge in [-0.25, -0.2) is 13.6 Å². The van der Waals surface area contributed by atoms with E-state index in [0.717, 1.165) is 19.0 Å². The number of primary sulfonamides is 1. The second-order valence-corrected chi connectivity index (χ2v) is 8.01. The first-order chi connectivity index (χ1) is 9.84. The van der Waals surface area contributed by atoms with Gasteiger partial charge in [0, 0.05) is 24.7 Å². The Morgan fingerprint density at radius 3 is 2.71 bits per heavy atom. The topological polar surface area (TPSA) is 75.4 Å². The number of sulfonamides is 1. The van der Waals surface area contributed by atoms with Crippen molar-refractivity contribution < 1.29 is 8.42 Å². The fourth-order valence-corrected chi connectivity index (χ4v) is 3.80. The number of hydrogen-bond donors (Lipinski definition) is 2. The van der Waals surface area contributed by atoms with Crippen molar-refractivity contribution in [1.82, 2.24) is 4.90 Å². The highest BCUT2D eigenvalue weighted by Gasteiger charge is 2.38. The summed E-state index contributed by atoms with van der Waals surface area (Å²) in [5.41, 5.74) is 0.637. The molecule has 0 aromatic heterocycles. The van der Waals surface area contributed by atoms with E-state index < -0.39 is 10.0 Å². The molecule has 3 N–H and O–H groups in total. The van der Waals surface area contributed by atoms with E-state index in [2.05, 4.69) is 17.1 Å². The fraction of sp³-hybridized carbons (Fsp3) is 0.571. The lowest BCUT2D eigenvalue weighted by atomic mass is 10.2. The van der Waals surface area contributed by atoms with Crippen molar-refractivity contribution in [3.8, 4) is 0 Å². The minimum Gasteiger partial charge on any atom is -0.380 e. The molecule has 1 aliphatic carbocycles. The van der Waals surface area contributed by atoms with E-state index >= 15 is 0 Å². The van der Waals surface area contributed by atoms with Crippen molar-refractivity contribution in [1.29, 1.82) is 0 Å². The molecule has 7 heteroatoms. The van der Waals surface area contributed by atoms with E-state index in [1.165, 1.54) is 25.0 Å². The van der Waals surface area contributed by atoms with Gasteiger partial charge in [0.15, 0.2) is 0 Å². The fourth-order valence-electron chi connectivity index (χ4n) is 3.09. The van der Waals surface area contributed by atoms with Gasteiger partial charge in [0.25, 0.3) is 0 Å². The molecule has 0 spiro atoms. The van der Waals surface area contributed by atoms with Gasteiger partial charge in [-0.15, -0.1) is 0 Å². The van der Waals surface area contributed by atoms with E-state index in [1.54, 1.807) is 6.07 Å². The second kappa shape index (κ2) is 5.43. The minimum absolute atomic E-state index is 0.0829. The van der Waals surface area contributed by atoms with Gasteiger partial charge in [-0.3, -0.25) is 4.90 Å². The van der Waals surface area contributed by atoms with Crippen LogP contribution in [0.15, 0.2) is 23.1 Å². The molecule has 1 aliphatic heterocycles. The second-order valence-electron chi connectivity index (χ2n) is 6.04. The average molecular weight is 330 g/mol. The van der Waals surface area contributed by atoms with Gasteiger partial charge in [-0.1, -0.05) is 11.6 Å². The van der Waals surface area contributed by atoms with Crippen LogP contribution in [0.5, 0.6) is 0 Å². The molecule has 0 radical (unpaired) electrons. The monoisotopic (exact) mass is 329 g/mol. The summed E-state index contributed by atoms with van der Waals surface area (Å²) >= 11 is 6.16. The summed E-state index contributed by atoms with van der Waals surface area (Å²) < 4.78 is 22.9. The molecule has 2 aliphatic rings. The molecular weight excluding hydrogens is 310 g/mol. The first kappa shape index (κ1) is 15.1. The van der Waals surface area contributed by atoms with Gasteiger partial charge >= 0.3 is 0 Å². The molecule has 5 nitrogen and oxygen atoms in total. The highest BCUT2D eigenvalue weighted by atomic mass is 35.5. The highest BCUT2D eigenvalue weighted by Crippen LogP contribution is 2.35. The minimum atomic E-state index is -3.71. The van der Waals surface area contributed by atoms with E-state index in [-0.39, 0.29) is 10.9 Å². The van der Waals surface area contributed by atoms with Crippen LogP contribution < -0.4 is 10.5 Å². The lowest BCUT2D eigenvalue weighted by Gasteiger charge is -2.20. The summed E-state index contributed by atoms with van der Waals surface area (Å²) in [6.07, 6.45) is 3.61. The molecule has 1 saturated heterocycles. The number of hydrogen-bond acceptors (Lipinski definition) is 4. The predicted molar refractivity (Wildman–Crippen MR) is 84.0 cm³/mol. The summed E-state index contributed by atoms with van der Waals surface area (Å²) in [4.78, 5) is 2.61. The molecule has 3 rings (SSSR count). The molecule has 2 unspecified atom stereocenters. The number of rotatable bonds is 4. The van der Waals surface area contributed by atoms with Crippen LogP contribution in [-0.4, -0.2) is 38.0 Å². The number of nitrogens with two attached hydrogens (primary N) is 1. The Morgan fingerprint density at radius 2 is 2.10 bits per heavy atom. The quantitative estimate of drug-likeness (QED) is 0.886. The van der Waals surface area contributed by atoms with Crippen LogP contribution in [0, 0.1) is 0 Å². The normalized spacial score (nSPS) is 27.0. The summed E-state index contributed by atoms with van der Waals surface area (Å²) in [7, 11) is -3.71. The maximum absolute atomic E-state index is 11.4. The molecule has 0 bridgehead atoms. The average Bonchev–Trinajstić information content (AvgIpc) is 3.16. The van der Waals surface area contributed by atoms with Gasteiger partial charge in [-0.2, -0.15) is 0 Å². The summed E-state index contributed by atoms with van der Waals surface area (Å²) in [5.74, 6) is 0. The summed E-state index contributed by atoms with van der Waals surface area (Å²) in [6.45, 7) is 3.21. The third-order valence-corrected chi connectivity index (χ3v) is 5.51. The van der Waals surface area contributed by atoms with Crippen molar-refractivity contribution in [2.24, 2.45) is 5.14 Å². The van der Waals surface area contributed by atoms with Gasteiger partial charge in [0.05, 0.1) is 15.6 Å². The number of anilines is 1. The molecule has 2 fully saturated rings. The number of benzene rings is 1. The molecule has 0 amide bonds. The van der Waals surface area contributed by atoms with E-state index in [4.69, 9.17) is 16.7 Å². The predicted octanol–water partition coefficient (Wildman–Crippen LogP) is 2.02. The summed E-state index contributed by atoms with van der Waals surface area (Å²) in [6, 6.07) is 6.08. The first-order valence-corrected chi connectivity index (χ1v) is 9.11. The number of likely N-dealkylation sites (tertiary alicyclic amines) is 1. The van der Waals surface area contributed by atoms with Crippen LogP contribution in [0.25, 0.3) is 0 Å². The molecule has 1 heterocycles. The van der Waals surface area contributed by atoms with Gasteiger partial charge in [0.2, 0.25) is 10.0 Å². The smallest absolute Gasteiger partial charge is 0.238 e. The molecular formula is C14H20ClN3O2S. The van der Waals surface area contributed by atoms with Crippen molar-refractivity contribution in [3.05, 3.63) is 23.2 Å². The molecule has 1 aromatic rings. The zero-order valence-electron chi connectivity index (χ0n) is 11.9. The van der Waals surface area contributed by atoms with Crippen LogP contribution >= 0.6 is 11.6 Å². The van der Waals surface area contributed by atoms with Crippen LogP contribution in [0.1, 0.15) is 26.2 Å². The Bertz CT molecular complexity index is 646. The Labute approximate surface area is 130 Å². The Hall–Kier alpha value is -0.820. The molecule has 116 valence electrons. The maximum Gasteiger partial charge on any atom is 0.238 e. The third-order valence-electron chi connectivity index (χ3n) is 4.26. The Morgan fingerprint density at radius 1 is 1.38 bits per heavy atom. The lowest BCUT2D eigenvalue weighted by Crippen LogP contribution is -2.31. The zero-order chi connectivity index (χ0) is 15.2. The van der Waals surface area contributed by atoms with Crippen molar-refractivity contribution >= 4 is 27.3 Å². The zero-order valence-corrected chi connectivity index (χ0v) is 13.5. The highest BCUT2D eigenvalue weighted by molar-refractivity contribution is 7.89. The Balaban J connectivity index is 1.76. The summed E-state index contributed by atoms with van der Waals surface area (Å²) in [5, 5.41) is 9.05. The maximum atomic E-state index is 11.4. The van der Waals surface area contributed by atoms with Crippen molar-refractivity contribution in [2.75, 3.05) is 11.9 Å². The largest absolute Gasteiger partial charge is 0.380 e. The third kappa shape index (κ3) is 3.34. The van der Waals surface area contributed by atoms with Gasteiger partial charge in [-0.05, 0) is 44.4 Å².